The summed E-state index contributed by atoms with van der Waals surface area (Å²) in [6, 6.07) is 5.18. The topological polar surface area (TPSA) is 40.5 Å². The number of halogens is 2. The molecular weight excluding hydrogens is 285 g/mol. The fourth-order valence-electron chi connectivity index (χ4n) is 1.72. The van der Waals surface area contributed by atoms with E-state index in [0.29, 0.717) is 23.1 Å². The van der Waals surface area contributed by atoms with Crippen molar-refractivity contribution < 1.29 is 9.90 Å². The van der Waals surface area contributed by atoms with Gasteiger partial charge in [0, 0.05) is 18.1 Å². The van der Waals surface area contributed by atoms with Crippen LogP contribution in [0.15, 0.2) is 30.4 Å². The molecule has 0 spiro atoms. The summed E-state index contributed by atoms with van der Waals surface area (Å²) in [6.45, 7) is 8.34. The molecule has 0 heterocycles. The van der Waals surface area contributed by atoms with Crippen LogP contribution >= 0.6 is 23.2 Å². The van der Waals surface area contributed by atoms with Crippen LogP contribution in [-0.2, 0) is 4.79 Å². The molecule has 0 aliphatic carbocycles. The largest absolute Gasteiger partial charge is 0.481 e. The average Bonchev–Trinajstić information content (AvgIpc) is 2.27. The number of carbonyl (C=O) groups is 1. The monoisotopic (exact) mass is 301 g/mol. The molecule has 0 bridgehead atoms. The zero-order valence-electron chi connectivity index (χ0n) is 11.0. The molecule has 19 heavy (non-hydrogen) atoms. The highest BCUT2D eigenvalue weighted by atomic mass is 35.5. The van der Waals surface area contributed by atoms with Crippen molar-refractivity contribution in [2.45, 2.75) is 13.8 Å². The molecule has 3 nitrogen and oxygen atoms in total. The number of carboxylic acids is 1. The summed E-state index contributed by atoms with van der Waals surface area (Å²) in [6.07, 6.45) is 0. The highest BCUT2D eigenvalue weighted by molar-refractivity contribution is 6.36. The Morgan fingerprint density at radius 2 is 2.11 bits per heavy atom. The minimum atomic E-state index is -0.836. The van der Waals surface area contributed by atoms with Crippen molar-refractivity contribution in [3.63, 3.8) is 0 Å². The first kappa shape index (κ1) is 15.9. The Balaban J connectivity index is 3.01. The maximum Gasteiger partial charge on any atom is 0.308 e. The average molecular weight is 302 g/mol. The van der Waals surface area contributed by atoms with Crippen molar-refractivity contribution in [2.75, 3.05) is 18.0 Å². The molecule has 1 atom stereocenters. The van der Waals surface area contributed by atoms with Gasteiger partial charge < -0.3 is 10.0 Å². The molecule has 1 rings (SSSR count). The zero-order valence-corrected chi connectivity index (χ0v) is 12.5. The van der Waals surface area contributed by atoms with Gasteiger partial charge in [-0.3, -0.25) is 4.79 Å². The summed E-state index contributed by atoms with van der Waals surface area (Å²) in [5.74, 6) is -1.33. The molecule has 104 valence electrons. The first-order valence-electron chi connectivity index (χ1n) is 5.88. The van der Waals surface area contributed by atoms with E-state index in [-0.39, 0.29) is 0 Å². The number of hydrogen-bond donors (Lipinski definition) is 1. The van der Waals surface area contributed by atoms with E-state index in [2.05, 4.69) is 6.58 Å². The van der Waals surface area contributed by atoms with Crippen molar-refractivity contribution in [2.24, 2.45) is 5.92 Å². The van der Waals surface area contributed by atoms with Crippen LogP contribution < -0.4 is 4.90 Å². The van der Waals surface area contributed by atoms with Gasteiger partial charge in [0.05, 0.1) is 16.6 Å². The van der Waals surface area contributed by atoms with E-state index in [9.17, 15) is 4.79 Å². The summed E-state index contributed by atoms with van der Waals surface area (Å²) in [7, 11) is 0. The molecular formula is C14H17Cl2NO2. The lowest BCUT2D eigenvalue weighted by molar-refractivity contribution is -0.140. The van der Waals surface area contributed by atoms with Gasteiger partial charge in [0.1, 0.15) is 0 Å². The molecule has 5 heteroatoms. The van der Waals surface area contributed by atoms with Crippen molar-refractivity contribution in [3.05, 3.63) is 40.4 Å². The second-order valence-corrected chi connectivity index (χ2v) is 5.52. The third-order valence-corrected chi connectivity index (χ3v) is 3.16. The molecule has 0 aliphatic heterocycles. The van der Waals surface area contributed by atoms with Gasteiger partial charge in [-0.15, -0.1) is 0 Å². The molecule has 0 fully saturated rings. The van der Waals surface area contributed by atoms with E-state index >= 15 is 0 Å². The lowest BCUT2D eigenvalue weighted by Gasteiger charge is -2.27. The molecule has 1 N–H and O–H groups in total. The molecule has 0 amide bonds. The van der Waals surface area contributed by atoms with Crippen molar-refractivity contribution in [3.8, 4) is 0 Å². The Morgan fingerprint density at radius 3 is 2.58 bits per heavy atom. The molecule has 0 radical (unpaired) electrons. The van der Waals surface area contributed by atoms with Gasteiger partial charge in [-0.05, 0) is 25.1 Å². The quantitative estimate of drug-likeness (QED) is 0.804. The standard InChI is InChI=1S/C14H17Cl2NO2/c1-9(2)7-17(8-10(3)14(18)19)13-5-4-11(15)6-12(13)16/h4-6,10H,1,7-8H2,2-3H3,(H,18,19). The highest BCUT2D eigenvalue weighted by Crippen LogP contribution is 2.29. The Labute approximate surface area is 123 Å². The minimum Gasteiger partial charge on any atom is -0.481 e. The first-order valence-corrected chi connectivity index (χ1v) is 6.64. The SMILES string of the molecule is C=C(C)CN(CC(C)C(=O)O)c1ccc(Cl)cc1Cl. The van der Waals surface area contributed by atoms with Gasteiger partial charge in [0.25, 0.3) is 0 Å². The fraction of sp³-hybridized carbons (Fsp3) is 0.357. The first-order chi connectivity index (χ1) is 8.81. The Hall–Kier alpha value is -1.19. The summed E-state index contributed by atoms with van der Waals surface area (Å²) in [5.41, 5.74) is 1.70. The molecule has 1 aromatic rings. The number of aliphatic carboxylic acids is 1. The van der Waals surface area contributed by atoms with Crippen LogP contribution in [0.3, 0.4) is 0 Å². The van der Waals surface area contributed by atoms with Crippen LogP contribution in [-0.4, -0.2) is 24.2 Å². The molecule has 1 aromatic carbocycles. The second kappa shape index (κ2) is 6.83. The third-order valence-electron chi connectivity index (χ3n) is 2.63. The summed E-state index contributed by atoms with van der Waals surface area (Å²) >= 11 is 12.0. The van der Waals surface area contributed by atoms with E-state index in [4.69, 9.17) is 28.3 Å². The van der Waals surface area contributed by atoms with Gasteiger partial charge in [0.2, 0.25) is 0 Å². The Morgan fingerprint density at radius 1 is 1.47 bits per heavy atom. The molecule has 0 aliphatic rings. The number of rotatable bonds is 6. The summed E-state index contributed by atoms with van der Waals surface area (Å²) < 4.78 is 0. The van der Waals surface area contributed by atoms with E-state index in [0.717, 1.165) is 11.3 Å². The van der Waals surface area contributed by atoms with Gasteiger partial charge in [-0.2, -0.15) is 0 Å². The van der Waals surface area contributed by atoms with Crippen LogP contribution in [0.2, 0.25) is 10.0 Å². The minimum absolute atomic E-state index is 0.365. The van der Waals surface area contributed by atoms with Gasteiger partial charge in [-0.25, -0.2) is 0 Å². The lowest BCUT2D eigenvalue weighted by atomic mass is 10.1. The predicted octanol–water partition coefficient (Wildman–Crippen LogP) is 4.10. The number of hydrogen-bond acceptors (Lipinski definition) is 2. The molecule has 0 aromatic heterocycles. The smallest absolute Gasteiger partial charge is 0.308 e. The lowest BCUT2D eigenvalue weighted by Crippen LogP contribution is -2.33. The maximum absolute atomic E-state index is 11.0. The van der Waals surface area contributed by atoms with Crippen LogP contribution in [0.5, 0.6) is 0 Å². The van der Waals surface area contributed by atoms with Crippen molar-refractivity contribution in [1.29, 1.82) is 0 Å². The van der Waals surface area contributed by atoms with Crippen molar-refractivity contribution >= 4 is 34.9 Å². The van der Waals surface area contributed by atoms with Crippen LogP contribution in [0.1, 0.15) is 13.8 Å². The predicted molar refractivity (Wildman–Crippen MR) is 80.3 cm³/mol. The number of anilines is 1. The van der Waals surface area contributed by atoms with Crippen LogP contribution in [0.25, 0.3) is 0 Å². The van der Waals surface area contributed by atoms with E-state index in [1.54, 1.807) is 25.1 Å². The van der Waals surface area contributed by atoms with Crippen molar-refractivity contribution in [1.82, 2.24) is 0 Å². The molecule has 0 saturated carbocycles. The number of benzene rings is 1. The molecule has 1 unspecified atom stereocenters. The van der Waals surface area contributed by atoms with E-state index in [1.807, 2.05) is 11.8 Å². The van der Waals surface area contributed by atoms with Gasteiger partial charge >= 0.3 is 5.97 Å². The number of carboxylic acid groups (broad SMARTS) is 1. The van der Waals surface area contributed by atoms with E-state index in [1.165, 1.54) is 0 Å². The molecule has 0 saturated heterocycles. The zero-order chi connectivity index (χ0) is 14.6. The van der Waals surface area contributed by atoms with Gasteiger partial charge in [-0.1, -0.05) is 42.3 Å². The number of nitrogens with zero attached hydrogens (tertiary/aromatic N) is 1. The maximum atomic E-state index is 11.0. The normalized spacial score (nSPS) is 12.0. The Bertz CT molecular complexity index is 488. The summed E-state index contributed by atoms with van der Waals surface area (Å²) in [4.78, 5) is 12.9. The van der Waals surface area contributed by atoms with Crippen LogP contribution in [0, 0.1) is 5.92 Å². The fourth-order valence-corrected chi connectivity index (χ4v) is 2.25. The third kappa shape index (κ3) is 4.77. The van der Waals surface area contributed by atoms with Gasteiger partial charge in [0.15, 0.2) is 0 Å². The second-order valence-electron chi connectivity index (χ2n) is 4.67. The van der Waals surface area contributed by atoms with E-state index < -0.39 is 11.9 Å². The Kier molecular flexibility index (Phi) is 5.70. The highest BCUT2D eigenvalue weighted by Gasteiger charge is 2.18. The summed E-state index contributed by atoms with van der Waals surface area (Å²) in [5, 5.41) is 10.1. The van der Waals surface area contributed by atoms with Crippen LogP contribution in [0.4, 0.5) is 5.69 Å².